The van der Waals surface area contributed by atoms with Gasteiger partial charge in [-0.05, 0) is 36.2 Å². The smallest absolute Gasteiger partial charge is 0.162 e. The van der Waals surface area contributed by atoms with Crippen molar-refractivity contribution in [3.8, 4) is 11.3 Å². The number of hydrogen-bond donors (Lipinski definition) is 2. The predicted octanol–water partition coefficient (Wildman–Crippen LogP) is 4.87. The molecule has 7 nitrogen and oxygen atoms in total. The molecule has 0 aliphatic carbocycles. The first-order valence-electron chi connectivity index (χ1n) is 12.0. The van der Waals surface area contributed by atoms with Gasteiger partial charge in [0.15, 0.2) is 5.82 Å². The zero-order valence-corrected chi connectivity index (χ0v) is 19.9. The molecular weight excluding hydrogens is 424 g/mol. The largest absolute Gasteiger partial charge is 0.339 e. The second kappa shape index (κ2) is 10.3. The van der Waals surface area contributed by atoms with E-state index >= 15 is 0 Å². The lowest BCUT2D eigenvalue weighted by Gasteiger charge is -2.34. The van der Waals surface area contributed by atoms with E-state index in [-0.39, 0.29) is 6.10 Å². The molecule has 0 saturated carbocycles. The summed E-state index contributed by atoms with van der Waals surface area (Å²) in [5.74, 6) is 0.651. The molecule has 1 unspecified atom stereocenters. The molecule has 176 valence electrons. The summed E-state index contributed by atoms with van der Waals surface area (Å²) in [7, 11) is 0. The number of aromatic amines is 1. The molecule has 3 heterocycles. The van der Waals surface area contributed by atoms with Crippen LogP contribution < -0.4 is 5.48 Å². The van der Waals surface area contributed by atoms with Crippen LogP contribution in [0.15, 0.2) is 67.0 Å². The number of hydrogen-bond acceptors (Lipinski definition) is 6. The molecule has 4 aromatic rings. The van der Waals surface area contributed by atoms with Gasteiger partial charge in [0.05, 0.1) is 5.39 Å². The maximum absolute atomic E-state index is 5.88. The van der Waals surface area contributed by atoms with Crippen LogP contribution in [0.2, 0.25) is 0 Å². The van der Waals surface area contributed by atoms with Gasteiger partial charge >= 0.3 is 0 Å². The lowest BCUT2D eigenvalue weighted by molar-refractivity contribution is 0.115. The van der Waals surface area contributed by atoms with Gasteiger partial charge in [-0.3, -0.25) is 9.74 Å². The predicted molar refractivity (Wildman–Crippen MR) is 136 cm³/mol. The highest BCUT2D eigenvalue weighted by Crippen LogP contribution is 2.28. The number of aromatic nitrogens is 3. The molecule has 1 aliphatic heterocycles. The minimum Gasteiger partial charge on any atom is -0.339 e. The van der Waals surface area contributed by atoms with Crippen molar-refractivity contribution in [3.63, 3.8) is 0 Å². The molecule has 2 aromatic carbocycles. The third-order valence-electron chi connectivity index (χ3n) is 6.61. The normalized spacial score (nSPS) is 16.1. The van der Waals surface area contributed by atoms with E-state index in [9.17, 15) is 0 Å². The van der Waals surface area contributed by atoms with Crippen molar-refractivity contribution in [2.45, 2.75) is 26.5 Å². The number of piperazine rings is 1. The average Bonchev–Trinajstić information content (AvgIpc) is 3.34. The second-order valence-electron chi connectivity index (χ2n) is 8.85. The Kier molecular flexibility index (Phi) is 6.85. The zero-order valence-electron chi connectivity index (χ0n) is 19.9. The molecule has 0 bridgehead atoms. The van der Waals surface area contributed by atoms with Crippen LogP contribution in [-0.4, -0.2) is 57.5 Å². The van der Waals surface area contributed by atoms with Crippen LogP contribution in [0, 0.1) is 0 Å². The van der Waals surface area contributed by atoms with Crippen LogP contribution >= 0.6 is 0 Å². The highest BCUT2D eigenvalue weighted by atomic mass is 16.7. The van der Waals surface area contributed by atoms with Gasteiger partial charge in [-0.15, -0.1) is 0 Å². The lowest BCUT2D eigenvalue weighted by Crippen LogP contribution is -2.45. The summed E-state index contributed by atoms with van der Waals surface area (Å²) in [6.07, 6.45) is 1.44. The Bertz CT molecular complexity index is 1200. The van der Waals surface area contributed by atoms with E-state index in [0.29, 0.717) is 5.82 Å². The summed E-state index contributed by atoms with van der Waals surface area (Å²) < 4.78 is 0. The molecule has 34 heavy (non-hydrogen) atoms. The maximum atomic E-state index is 5.88. The SMILES string of the molecule is CCN1CCN(Cc2ccc(-c3cc4c(NOC(C)c5ccccc5)ncnc4[nH]3)cc2)CC1. The number of benzene rings is 2. The Labute approximate surface area is 200 Å². The Hall–Kier alpha value is -3.26. The molecule has 1 fully saturated rings. The Morgan fingerprint density at radius 1 is 0.971 bits per heavy atom. The average molecular weight is 457 g/mol. The number of rotatable bonds is 8. The van der Waals surface area contributed by atoms with Crippen LogP contribution in [-0.2, 0) is 11.4 Å². The fourth-order valence-electron chi connectivity index (χ4n) is 4.42. The number of nitrogens with one attached hydrogen (secondary N) is 2. The molecule has 1 saturated heterocycles. The van der Waals surface area contributed by atoms with Crippen molar-refractivity contribution >= 4 is 16.9 Å². The van der Waals surface area contributed by atoms with E-state index in [1.807, 2.05) is 37.3 Å². The molecule has 1 aliphatic rings. The Morgan fingerprint density at radius 3 is 2.44 bits per heavy atom. The fraction of sp³-hybridized carbons (Fsp3) is 0.333. The first-order chi connectivity index (χ1) is 16.7. The quantitative estimate of drug-likeness (QED) is 0.369. The molecule has 1 atom stereocenters. The van der Waals surface area contributed by atoms with Crippen molar-refractivity contribution in [2.75, 3.05) is 38.2 Å². The van der Waals surface area contributed by atoms with E-state index in [1.54, 1.807) is 6.33 Å². The monoisotopic (exact) mass is 456 g/mol. The zero-order chi connectivity index (χ0) is 23.3. The number of anilines is 1. The molecule has 2 aromatic heterocycles. The molecule has 2 N–H and O–H groups in total. The summed E-state index contributed by atoms with van der Waals surface area (Å²) in [4.78, 5) is 23.1. The third kappa shape index (κ3) is 5.12. The Morgan fingerprint density at radius 2 is 1.71 bits per heavy atom. The number of H-pyrrole nitrogens is 1. The van der Waals surface area contributed by atoms with Gasteiger partial charge in [-0.1, -0.05) is 61.5 Å². The van der Waals surface area contributed by atoms with E-state index in [4.69, 9.17) is 4.84 Å². The number of nitrogens with zero attached hydrogens (tertiary/aromatic N) is 4. The van der Waals surface area contributed by atoms with Crippen LogP contribution in [0.4, 0.5) is 5.82 Å². The highest BCUT2D eigenvalue weighted by Gasteiger charge is 2.16. The van der Waals surface area contributed by atoms with Crippen molar-refractivity contribution in [1.29, 1.82) is 0 Å². The van der Waals surface area contributed by atoms with Gasteiger partial charge < -0.3 is 9.88 Å². The highest BCUT2D eigenvalue weighted by molar-refractivity contribution is 5.91. The molecule has 5 rings (SSSR count). The van der Waals surface area contributed by atoms with E-state index in [1.165, 1.54) is 5.56 Å². The van der Waals surface area contributed by atoms with Gasteiger partial charge in [0, 0.05) is 38.4 Å². The van der Waals surface area contributed by atoms with Gasteiger partial charge in [0.25, 0.3) is 0 Å². The first kappa shape index (κ1) is 22.5. The van der Waals surface area contributed by atoms with Crippen molar-refractivity contribution in [1.82, 2.24) is 24.8 Å². The maximum Gasteiger partial charge on any atom is 0.162 e. The van der Waals surface area contributed by atoms with Crippen LogP contribution in [0.25, 0.3) is 22.3 Å². The van der Waals surface area contributed by atoms with Crippen molar-refractivity contribution in [2.24, 2.45) is 0 Å². The van der Waals surface area contributed by atoms with E-state index < -0.39 is 0 Å². The summed E-state index contributed by atoms with van der Waals surface area (Å²) in [6, 6.07) is 21.0. The van der Waals surface area contributed by atoms with Gasteiger partial charge in [0.2, 0.25) is 0 Å². The Balaban J connectivity index is 1.26. The second-order valence-corrected chi connectivity index (χ2v) is 8.85. The van der Waals surface area contributed by atoms with Crippen LogP contribution in [0.5, 0.6) is 0 Å². The van der Waals surface area contributed by atoms with Gasteiger partial charge in [-0.2, -0.15) is 0 Å². The van der Waals surface area contributed by atoms with Crippen LogP contribution in [0.3, 0.4) is 0 Å². The molecule has 7 heteroatoms. The van der Waals surface area contributed by atoms with Crippen molar-refractivity contribution < 1.29 is 4.84 Å². The summed E-state index contributed by atoms with van der Waals surface area (Å²) in [6.45, 7) is 11.0. The van der Waals surface area contributed by atoms with Gasteiger partial charge in [-0.25, -0.2) is 15.4 Å². The molecule has 0 radical (unpaired) electrons. The minimum absolute atomic E-state index is 0.109. The van der Waals surface area contributed by atoms with Gasteiger partial charge in [0.1, 0.15) is 18.1 Å². The van der Waals surface area contributed by atoms with Crippen LogP contribution in [0.1, 0.15) is 31.1 Å². The number of fused-ring (bicyclic) bond motifs is 1. The standard InChI is InChI=1S/C27H32N6O/c1-3-32-13-15-33(16-14-32)18-21-9-11-23(12-10-21)25-17-24-26(30-25)28-19-29-27(24)31-34-20(2)22-7-5-4-6-8-22/h4-12,17,19-20H,3,13-16,18H2,1-2H3,(H2,28,29,30,31). The third-order valence-corrected chi connectivity index (χ3v) is 6.61. The number of likely N-dealkylation sites (N-methyl/N-ethyl adjacent to an activating group) is 1. The summed E-state index contributed by atoms with van der Waals surface area (Å²) in [5.41, 5.74) is 8.39. The fourth-order valence-corrected chi connectivity index (χ4v) is 4.42. The molecular formula is C27H32N6O. The van der Waals surface area contributed by atoms with E-state index in [0.717, 1.165) is 67.1 Å². The van der Waals surface area contributed by atoms with E-state index in [2.05, 4.69) is 67.5 Å². The minimum atomic E-state index is -0.109. The lowest BCUT2D eigenvalue weighted by atomic mass is 10.1. The summed E-state index contributed by atoms with van der Waals surface area (Å²) >= 11 is 0. The molecule has 0 amide bonds. The topological polar surface area (TPSA) is 69.3 Å². The van der Waals surface area contributed by atoms with Crippen molar-refractivity contribution in [3.05, 3.63) is 78.1 Å². The molecule has 0 spiro atoms. The summed E-state index contributed by atoms with van der Waals surface area (Å²) in [5, 5.41) is 0.899. The first-order valence-corrected chi connectivity index (χ1v) is 12.0.